The van der Waals surface area contributed by atoms with Gasteiger partial charge in [-0.25, -0.2) is 4.90 Å². The quantitative estimate of drug-likeness (QED) is 0.683. The molecule has 3 rings (SSSR count). The number of benzene rings is 2. The van der Waals surface area contributed by atoms with Crippen molar-refractivity contribution in [2.24, 2.45) is 5.73 Å². The molecule has 0 saturated carbocycles. The smallest absolute Gasteiger partial charge is 0.266 e. The Hall–Kier alpha value is -2.24. The van der Waals surface area contributed by atoms with Crippen LogP contribution in [0, 0.1) is 0 Å². The molecule has 0 aliphatic carbocycles. The van der Waals surface area contributed by atoms with Crippen molar-refractivity contribution in [3.05, 3.63) is 64.2 Å². The van der Waals surface area contributed by atoms with Crippen LogP contribution in [0.1, 0.15) is 26.3 Å². The lowest BCUT2D eigenvalue weighted by Crippen LogP contribution is -2.31. The van der Waals surface area contributed by atoms with Crippen molar-refractivity contribution in [3.8, 4) is 0 Å². The molecule has 21 heavy (non-hydrogen) atoms. The van der Waals surface area contributed by atoms with Gasteiger partial charge < -0.3 is 5.73 Å². The summed E-state index contributed by atoms with van der Waals surface area (Å²) < 4.78 is 0. The fourth-order valence-electron chi connectivity index (χ4n) is 2.31. The molecule has 0 unspecified atom stereocenters. The molecule has 6 heteroatoms. The number of thiocarbonyl (C=S) groups is 1. The van der Waals surface area contributed by atoms with Crippen LogP contribution in [0.25, 0.3) is 0 Å². The molecule has 2 aromatic rings. The molecule has 0 saturated heterocycles. The molecule has 1 heterocycles. The molecule has 104 valence electrons. The number of halogens is 1. The molecule has 2 N–H and O–H groups in total. The van der Waals surface area contributed by atoms with Gasteiger partial charge in [0.2, 0.25) is 0 Å². The summed E-state index contributed by atoms with van der Waals surface area (Å²) in [5, 5.41) is 0.390. The van der Waals surface area contributed by atoms with Crippen molar-refractivity contribution in [1.82, 2.24) is 0 Å². The monoisotopic (exact) mass is 316 g/mol. The first-order valence-corrected chi connectivity index (χ1v) is 6.86. The molecule has 0 fully saturated rings. The fourth-order valence-corrected chi connectivity index (χ4v) is 2.65. The van der Waals surface area contributed by atoms with Crippen molar-refractivity contribution in [2.75, 3.05) is 4.90 Å². The minimum Gasteiger partial charge on any atom is -0.389 e. The van der Waals surface area contributed by atoms with E-state index in [4.69, 9.17) is 29.6 Å². The first kappa shape index (κ1) is 13.7. The second-order valence-corrected chi connectivity index (χ2v) is 5.39. The Morgan fingerprint density at radius 2 is 1.62 bits per heavy atom. The van der Waals surface area contributed by atoms with E-state index in [0.29, 0.717) is 27.4 Å². The standard InChI is InChI=1S/C15H9ClN2O2S/c16-8-5-6-11(13(17)21)12(7-8)18-14(19)9-3-1-2-4-10(9)15(18)20/h1-7H,(H2,17,21). The number of carbonyl (C=O) groups is 2. The summed E-state index contributed by atoms with van der Waals surface area (Å²) in [5.74, 6) is -0.814. The molecular formula is C15H9ClN2O2S. The fraction of sp³-hybridized carbons (Fsp3) is 0. The third kappa shape index (κ3) is 2.11. The van der Waals surface area contributed by atoms with Crippen molar-refractivity contribution in [2.45, 2.75) is 0 Å². The largest absolute Gasteiger partial charge is 0.389 e. The Balaban J connectivity index is 2.20. The van der Waals surface area contributed by atoms with Crippen molar-refractivity contribution < 1.29 is 9.59 Å². The first-order valence-electron chi connectivity index (χ1n) is 6.08. The highest BCUT2D eigenvalue weighted by Gasteiger charge is 2.37. The van der Waals surface area contributed by atoms with E-state index < -0.39 is 11.8 Å². The lowest BCUT2D eigenvalue weighted by molar-refractivity contribution is 0.0926. The minimum atomic E-state index is -0.407. The minimum absolute atomic E-state index is 0.0956. The number of anilines is 1. The predicted molar refractivity (Wildman–Crippen MR) is 84.9 cm³/mol. The topological polar surface area (TPSA) is 63.4 Å². The van der Waals surface area contributed by atoms with Gasteiger partial charge in [0.1, 0.15) is 4.99 Å². The molecule has 2 amide bonds. The maximum atomic E-state index is 12.5. The summed E-state index contributed by atoms with van der Waals surface area (Å²) in [6.07, 6.45) is 0. The van der Waals surface area contributed by atoms with Crippen molar-refractivity contribution >= 4 is 46.3 Å². The van der Waals surface area contributed by atoms with Gasteiger partial charge in [0, 0.05) is 10.6 Å². The van der Waals surface area contributed by atoms with Gasteiger partial charge in [0.05, 0.1) is 16.8 Å². The Morgan fingerprint density at radius 3 is 2.14 bits per heavy atom. The molecule has 2 aromatic carbocycles. The number of fused-ring (bicyclic) bond motifs is 1. The average Bonchev–Trinajstić information content (AvgIpc) is 2.71. The van der Waals surface area contributed by atoms with E-state index in [-0.39, 0.29) is 4.99 Å². The molecule has 4 nitrogen and oxygen atoms in total. The summed E-state index contributed by atoms with van der Waals surface area (Å²) in [6, 6.07) is 11.4. The predicted octanol–water partition coefficient (Wildman–Crippen LogP) is 2.77. The van der Waals surface area contributed by atoms with Crippen LogP contribution in [0.2, 0.25) is 5.02 Å². The van der Waals surface area contributed by atoms with E-state index in [9.17, 15) is 9.59 Å². The highest BCUT2D eigenvalue weighted by atomic mass is 35.5. The second-order valence-electron chi connectivity index (χ2n) is 4.52. The van der Waals surface area contributed by atoms with Crippen LogP contribution in [0.5, 0.6) is 0 Å². The highest BCUT2D eigenvalue weighted by molar-refractivity contribution is 7.80. The Labute approximate surface area is 131 Å². The van der Waals surface area contributed by atoms with Gasteiger partial charge in [0.15, 0.2) is 0 Å². The van der Waals surface area contributed by atoms with Gasteiger partial charge in [-0.2, -0.15) is 0 Å². The molecule has 0 aromatic heterocycles. The third-order valence-electron chi connectivity index (χ3n) is 3.26. The number of nitrogens with zero attached hydrogens (tertiary/aromatic N) is 1. The summed E-state index contributed by atoms with van der Waals surface area (Å²) >= 11 is 11.0. The lowest BCUT2D eigenvalue weighted by Gasteiger charge is -2.18. The Morgan fingerprint density at radius 1 is 1.05 bits per heavy atom. The maximum absolute atomic E-state index is 12.5. The van der Waals surface area contributed by atoms with Gasteiger partial charge in [0.25, 0.3) is 11.8 Å². The zero-order valence-electron chi connectivity index (χ0n) is 10.7. The molecule has 0 radical (unpaired) electrons. The molecule has 0 bridgehead atoms. The van der Waals surface area contributed by atoms with E-state index in [1.165, 1.54) is 6.07 Å². The van der Waals surface area contributed by atoms with E-state index in [2.05, 4.69) is 0 Å². The molecule has 0 atom stereocenters. The molecule has 1 aliphatic heterocycles. The summed E-state index contributed by atoms with van der Waals surface area (Å²) in [4.78, 5) is 26.1. The van der Waals surface area contributed by atoms with Crippen LogP contribution < -0.4 is 10.6 Å². The third-order valence-corrected chi connectivity index (χ3v) is 3.72. The van der Waals surface area contributed by atoms with Gasteiger partial charge >= 0.3 is 0 Å². The van der Waals surface area contributed by atoms with Crippen LogP contribution >= 0.6 is 23.8 Å². The number of amides is 2. The summed E-state index contributed by atoms with van der Waals surface area (Å²) in [6.45, 7) is 0. The molecule has 0 spiro atoms. The zero-order valence-corrected chi connectivity index (χ0v) is 12.2. The highest BCUT2D eigenvalue weighted by Crippen LogP contribution is 2.32. The van der Waals surface area contributed by atoms with E-state index in [0.717, 1.165) is 4.90 Å². The Kier molecular flexibility index (Phi) is 3.23. The maximum Gasteiger partial charge on any atom is 0.266 e. The zero-order chi connectivity index (χ0) is 15.1. The van der Waals surface area contributed by atoms with Gasteiger partial charge in [-0.15, -0.1) is 0 Å². The SMILES string of the molecule is NC(=S)c1ccc(Cl)cc1N1C(=O)c2ccccc2C1=O. The van der Waals surface area contributed by atoms with Crippen LogP contribution in [-0.2, 0) is 0 Å². The summed E-state index contributed by atoms with van der Waals surface area (Å²) in [7, 11) is 0. The number of nitrogens with two attached hydrogens (primary N) is 1. The average molecular weight is 317 g/mol. The van der Waals surface area contributed by atoms with Crippen LogP contribution in [0.3, 0.4) is 0 Å². The van der Waals surface area contributed by atoms with Gasteiger partial charge in [-0.1, -0.05) is 36.0 Å². The van der Waals surface area contributed by atoms with Crippen molar-refractivity contribution in [1.29, 1.82) is 0 Å². The summed E-state index contributed by atoms with van der Waals surface area (Å²) in [5.41, 5.74) is 7.12. The number of imide groups is 1. The second kappa shape index (κ2) is 4.95. The molecule has 1 aliphatic rings. The van der Waals surface area contributed by atoms with Crippen LogP contribution in [-0.4, -0.2) is 16.8 Å². The van der Waals surface area contributed by atoms with Crippen molar-refractivity contribution in [3.63, 3.8) is 0 Å². The van der Waals surface area contributed by atoms with E-state index >= 15 is 0 Å². The Bertz CT molecular complexity index is 769. The van der Waals surface area contributed by atoms with Crippen LogP contribution in [0.15, 0.2) is 42.5 Å². The lowest BCUT2D eigenvalue weighted by atomic mass is 10.1. The normalized spacial score (nSPS) is 13.5. The van der Waals surface area contributed by atoms with E-state index in [1.807, 2.05) is 0 Å². The van der Waals surface area contributed by atoms with E-state index in [1.54, 1.807) is 36.4 Å². The number of hydrogen-bond acceptors (Lipinski definition) is 3. The number of carbonyl (C=O) groups excluding carboxylic acids is 2. The van der Waals surface area contributed by atoms with Gasteiger partial charge in [-0.05, 0) is 30.3 Å². The number of hydrogen-bond donors (Lipinski definition) is 1. The number of rotatable bonds is 2. The van der Waals surface area contributed by atoms with Crippen LogP contribution in [0.4, 0.5) is 5.69 Å². The first-order chi connectivity index (χ1) is 10.0. The molecular weight excluding hydrogens is 308 g/mol. The van der Waals surface area contributed by atoms with Gasteiger partial charge in [-0.3, -0.25) is 9.59 Å².